The standard InChI is InChI=1S/C18H14F4N2O2/c19-14-7-12(4-5-13(14)17(25)26)24-9-15-16(24)8-23(15)11-3-1-2-10(6-11)18(20,21)22/h1-7,15-16H,8-9H2,(H,25,26)/t15?,16-/m1/s1. The summed E-state index contributed by atoms with van der Waals surface area (Å²) in [6.45, 7) is 1.08. The molecule has 0 radical (unpaired) electrons. The molecule has 2 aromatic carbocycles. The highest BCUT2D eigenvalue weighted by Crippen LogP contribution is 2.41. The van der Waals surface area contributed by atoms with Gasteiger partial charge in [-0.25, -0.2) is 9.18 Å². The molecular weight excluding hydrogens is 352 g/mol. The minimum atomic E-state index is -4.38. The number of fused-ring (bicyclic) bond motifs is 1. The molecular formula is C18H14F4N2O2. The van der Waals surface area contributed by atoms with Gasteiger partial charge in [0.2, 0.25) is 0 Å². The van der Waals surface area contributed by atoms with Crippen molar-refractivity contribution in [3.8, 4) is 0 Å². The summed E-state index contributed by atoms with van der Waals surface area (Å²) in [6, 6.07) is 9.34. The Labute approximate surface area is 146 Å². The Kier molecular flexibility index (Phi) is 3.61. The van der Waals surface area contributed by atoms with Gasteiger partial charge in [-0.1, -0.05) is 6.07 Å². The maximum absolute atomic E-state index is 13.8. The van der Waals surface area contributed by atoms with Gasteiger partial charge in [-0.15, -0.1) is 0 Å². The lowest BCUT2D eigenvalue weighted by Crippen LogP contribution is -2.79. The maximum atomic E-state index is 13.8. The zero-order valence-electron chi connectivity index (χ0n) is 13.4. The van der Waals surface area contributed by atoms with Crippen molar-refractivity contribution in [1.29, 1.82) is 0 Å². The molecule has 4 nitrogen and oxygen atoms in total. The number of carboxylic acid groups (broad SMARTS) is 1. The fourth-order valence-electron chi connectivity index (χ4n) is 3.56. The van der Waals surface area contributed by atoms with Crippen molar-refractivity contribution in [2.75, 3.05) is 22.9 Å². The van der Waals surface area contributed by atoms with Crippen LogP contribution >= 0.6 is 0 Å². The van der Waals surface area contributed by atoms with Gasteiger partial charge in [-0.05, 0) is 36.4 Å². The van der Waals surface area contributed by atoms with Crippen LogP contribution in [0.2, 0.25) is 0 Å². The first-order valence-electron chi connectivity index (χ1n) is 7.99. The van der Waals surface area contributed by atoms with E-state index in [2.05, 4.69) is 0 Å². The van der Waals surface area contributed by atoms with Crippen molar-refractivity contribution in [2.45, 2.75) is 18.3 Å². The third-order valence-corrected chi connectivity index (χ3v) is 5.03. The van der Waals surface area contributed by atoms with E-state index in [4.69, 9.17) is 5.11 Å². The van der Waals surface area contributed by atoms with E-state index in [1.807, 2.05) is 9.80 Å². The van der Waals surface area contributed by atoms with Gasteiger partial charge in [0.05, 0.1) is 23.2 Å². The third kappa shape index (κ3) is 2.56. The minimum Gasteiger partial charge on any atom is -0.478 e. The van der Waals surface area contributed by atoms with Crippen molar-refractivity contribution >= 4 is 17.3 Å². The van der Waals surface area contributed by atoms with Crippen molar-refractivity contribution in [3.63, 3.8) is 0 Å². The van der Waals surface area contributed by atoms with Crippen LogP contribution in [0.4, 0.5) is 28.9 Å². The number of carbonyl (C=O) groups is 1. The highest BCUT2D eigenvalue weighted by atomic mass is 19.4. The molecule has 0 amide bonds. The second-order valence-electron chi connectivity index (χ2n) is 6.46. The molecule has 0 spiro atoms. The van der Waals surface area contributed by atoms with Gasteiger partial charge in [-0.3, -0.25) is 0 Å². The first-order valence-corrected chi connectivity index (χ1v) is 7.99. The van der Waals surface area contributed by atoms with E-state index in [9.17, 15) is 22.4 Å². The van der Waals surface area contributed by atoms with Crippen LogP contribution in [0.15, 0.2) is 42.5 Å². The number of aromatic carboxylic acids is 1. The number of carboxylic acids is 1. The predicted molar refractivity (Wildman–Crippen MR) is 87.1 cm³/mol. The molecule has 8 heteroatoms. The molecule has 0 saturated carbocycles. The van der Waals surface area contributed by atoms with Crippen LogP contribution in [-0.2, 0) is 6.18 Å². The monoisotopic (exact) mass is 366 g/mol. The molecule has 0 aromatic heterocycles. The van der Waals surface area contributed by atoms with Crippen LogP contribution < -0.4 is 9.80 Å². The number of anilines is 2. The van der Waals surface area contributed by atoms with Gasteiger partial charge in [0, 0.05) is 24.5 Å². The zero-order valence-corrected chi connectivity index (χ0v) is 13.4. The topological polar surface area (TPSA) is 43.8 Å². The van der Waals surface area contributed by atoms with E-state index in [0.29, 0.717) is 24.5 Å². The van der Waals surface area contributed by atoms with Crippen molar-refractivity contribution in [3.05, 3.63) is 59.4 Å². The number of halogens is 4. The second-order valence-corrected chi connectivity index (χ2v) is 6.46. The summed E-state index contributed by atoms with van der Waals surface area (Å²) < 4.78 is 52.4. The molecule has 0 bridgehead atoms. The maximum Gasteiger partial charge on any atom is 0.416 e. The van der Waals surface area contributed by atoms with Crippen molar-refractivity contribution in [2.24, 2.45) is 0 Å². The lowest BCUT2D eigenvalue weighted by molar-refractivity contribution is -0.137. The van der Waals surface area contributed by atoms with Gasteiger partial charge in [-0.2, -0.15) is 13.2 Å². The first-order chi connectivity index (χ1) is 12.3. The normalized spacial score (nSPS) is 21.7. The van der Waals surface area contributed by atoms with E-state index in [-0.39, 0.29) is 17.6 Å². The highest BCUT2D eigenvalue weighted by molar-refractivity contribution is 5.88. The predicted octanol–water partition coefficient (Wildman–Crippen LogP) is 3.62. The molecule has 26 heavy (non-hydrogen) atoms. The van der Waals surface area contributed by atoms with E-state index in [1.54, 1.807) is 12.1 Å². The number of hydrogen-bond donors (Lipinski definition) is 1. The fourth-order valence-corrected chi connectivity index (χ4v) is 3.56. The minimum absolute atomic E-state index is 0.0701. The Balaban J connectivity index is 1.47. The number of piperazine rings is 1. The van der Waals surface area contributed by atoms with Crippen LogP contribution in [0.25, 0.3) is 0 Å². The van der Waals surface area contributed by atoms with E-state index in [0.717, 1.165) is 12.1 Å². The summed E-state index contributed by atoms with van der Waals surface area (Å²) in [7, 11) is 0. The molecule has 2 aromatic rings. The molecule has 2 aliphatic rings. The molecule has 2 heterocycles. The van der Waals surface area contributed by atoms with Gasteiger partial charge in [0.25, 0.3) is 0 Å². The van der Waals surface area contributed by atoms with Gasteiger partial charge < -0.3 is 14.9 Å². The summed E-state index contributed by atoms with van der Waals surface area (Å²) in [6.07, 6.45) is -4.38. The summed E-state index contributed by atoms with van der Waals surface area (Å²) in [5.74, 6) is -2.12. The molecule has 2 saturated heterocycles. The summed E-state index contributed by atoms with van der Waals surface area (Å²) in [5.41, 5.74) is 0.0385. The largest absolute Gasteiger partial charge is 0.478 e. The number of benzene rings is 2. The zero-order chi connectivity index (χ0) is 18.6. The van der Waals surface area contributed by atoms with Crippen LogP contribution in [0.5, 0.6) is 0 Å². The average molecular weight is 366 g/mol. The van der Waals surface area contributed by atoms with E-state index in [1.165, 1.54) is 18.2 Å². The molecule has 2 fully saturated rings. The SMILES string of the molecule is O=C(O)c1ccc(N2CC3[C@H]2CN3c2cccc(C(F)(F)F)c2)cc1F. The molecule has 2 aliphatic heterocycles. The lowest BCUT2D eigenvalue weighted by atomic mass is 9.84. The Hall–Kier alpha value is -2.77. The van der Waals surface area contributed by atoms with Crippen LogP contribution in [0, 0.1) is 5.82 Å². The van der Waals surface area contributed by atoms with Crippen molar-refractivity contribution < 1.29 is 27.5 Å². The van der Waals surface area contributed by atoms with Crippen molar-refractivity contribution in [1.82, 2.24) is 0 Å². The summed E-state index contributed by atoms with van der Waals surface area (Å²) in [4.78, 5) is 14.7. The highest BCUT2D eigenvalue weighted by Gasteiger charge is 2.52. The molecule has 1 N–H and O–H groups in total. The van der Waals surface area contributed by atoms with Gasteiger partial charge in [0.1, 0.15) is 5.82 Å². The number of alkyl halides is 3. The van der Waals surface area contributed by atoms with Crippen LogP contribution in [-0.4, -0.2) is 36.2 Å². The van der Waals surface area contributed by atoms with Gasteiger partial charge in [0.15, 0.2) is 0 Å². The number of rotatable bonds is 3. The Bertz CT molecular complexity index is 884. The fraction of sp³-hybridized carbons (Fsp3) is 0.278. The molecule has 1 unspecified atom stereocenters. The Morgan fingerprint density at radius 1 is 1.00 bits per heavy atom. The van der Waals surface area contributed by atoms with E-state index < -0.39 is 23.5 Å². The Morgan fingerprint density at radius 2 is 1.62 bits per heavy atom. The van der Waals surface area contributed by atoms with Crippen LogP contribution in [0.3, 0.4) is 0 Å². The average Bonchev–Trinajstić information content (AvgIpc) is 2.55. The molecule has 4 rings (SSSR count). The second kappa shape index (κ2) is 5.62. The summed E-state index contributed by atoms with van der Waals surface area (Å²) >= 11 is 0. The smallest absolute Gasteiger partial charge is 0.416 e. The quantitative estimate of drug-likeness (QED) is 0.843. The van der Waals surface area contributed by atoms with Crippen LogP contribution in [0.1, 0.15) is 15.9 Å². The molecule has 0 aliphatic carbocycles. The van der Waals surface area contributed by atoms with Gasteiger partial charge >= 0.3 is 12.1 Å². The summed E-state index contributed by atoms with van der Waals surface area (Å²) in [5, 5.41) is 8.87. The Morgan fingerprint density at radius 3 is 2.12 bits per heavy atom. The third-order valence-electron chi connectivity index (χ3n) is 5.03. The molecule has 136 valence electrons. The number of nitrogens with zero attached hydrogens (tertiary/aromatic N) is 2. The van der Waals surface area contributed by atoms with E-state index >= 15 is 0 Å². The number of hydrogen-bond acceptors (Lipinski definition) is 3. The molecule has 2 atom stereocenters. The first kappa shape index (κ1) is 16.7. The lowest BCUT2D eigenvalue weighted by Gasteiger charge is -2.63.